The molecule has 0 atom stereocenters. The molecule has 0 saturated heterocycles. The lowest BCUT2D eigenvalue weighted by atomic mass is 10.1. The lowest BCUT2D eigenvalue weighted by molar-refractivity contribution is 0.317. The Morgan fingerprint density at radius 2 is 2.38 bits per heavy atom. The molecule has 0 aliphatic carbocycles. The van der Waals surface area contributed by atoms with Crippen LogP contribution in [0.15, 0.2) is 29.6 Å². The minimum Gasteiger partial charge on any atom is -0.411 e. The van der Waals surface area contributed by atoms with E-state index in [1.165, 1.54) is 0 Å². The maximum absolute atomic E-state index is 8.71. The monoisotopic (exact) mass is 179 g/mol. The molecular formula is C9H13N3O. The summed E-state index contributed by atoms with van der Waals surface area (Å²) in [7, 11) is 0. The van der Waals surface area contributed by atoms with Crippen LogP contribution in [-0.2, 0) is 0 Å². The predicted molar refractivity (Wildman–Crippen MR) is 50.8 cm³/mol. The first-order valence-electron chi connectivity index (χ1n) is 4.21. The van der Waals surface area contributed by atoms with Gasteiger partial charge in [-0.3, -0.25) is 4.98 Å². The largest absolute Gasteiger partial charge is 0.411 e. The summed E-state index contributed by atoms with van der Waals surface area (Å²) in [5, 5.41) is 11.9. The summed E-state index contributed by atoms with van der Waals surface area (Å²) in [4.78, 5) is 4.07. The lowest BCUT2D eigenvalue weighted by Gasteiger charge is -2.01. The fourth-order valence-electron chi connectivity index (χ4n) is 1.03. The van der Waals surface area contributed by atoms with Crippen LogP contribution < -0.4 is 5.73 Å². The molecule has 1 aromatic rings. The van der Waals surface area contributed by atoms with Gasteiger partial charge in [0, 0.05) is 6.20 Å². The Balaban J connectivity index is 2.69. The number of aromatic nitrogens is 1. The number of oxime groups is 1. The van der Waals surface area contributed by atoms with E-state index in [9.17, 15) is 0 Å². The molecule has 1 rings (SSSR count). The Labute approximate surface area is 77.1 Å². The van der Waals surface area contributed by atoms with Crippen molar-refractivity contribution in [3.8, 4) is 0 Å². The fourth-order valence-corrected chi connectivity index (χ4v) is 1.03. The van der Waals surface area contributed by atoms with Crippen molar-refractivity contribution < 1.29 is 5.21 Å². The highest BCUT2D eigenvalue weighted by Crippen LogP contribution is 2.02. The van der Waals surface area contributed by atoms with Crippen molar-refractivity contribution in [3.63, 3.8) is 0 Å². The molecule has 0 aliphatic heterocycles. The zero-order valence-electron chi connectivity index (χ0n) is 7.35. The molecule has 0 bridgehead atoms. The van der Waals surface area contributed by atoms with Gasteiger partial charge in [0.2, 0.25) is 0 Å². The molecule has 70 valence electrons. The van der Waals surface area contributed by atoms with E-state index in [-0.39, 0.29) is 0 Å². The van der Waals surface area contributed by atoms with Crippen LogP contribution in [0, 0.1) is 0 Å². The van der Waals surface area contributed by atoms with Gasteiger partial charge in [0.1, 0.15) is 5.71 Å². The van der Waals surface area contributed by atoms with Crippen molar-refractivity contribution in [2.45, 2.75) is 12.8 Å². The second-order valence-corrected chi connectivity index (χ2v) is 2.65. The van der Waals surface area contributed by atoms with Crippen molar-refractivity contribution in [3.05, 3.63) is 30.1 Å². The highest BCUT2D eigenvalue weighted by molar-refractivity contribution is 5.98. The van der Waals surface area contributed by atoms with E-state index < -0.39 is 0 Å². The number of nitrogens with two attached hydrogens (primary N) is 1. The van der Waals surface area contributed by atoms with Crippen molar-refractivity contribution >= 4 is 5.71 Å². The third kappa shape index (κ3) is 2.83. The molecule has 0 fully saturated rings. The number of nitrogens with zero attached hydrogens (tertiary/aromatic N) is 2. The van der Waals surface area contributed by atoms with Crippen LogP contribution in [0.2, 0.25) is 0 Å². The molecular weight excluding hydrogens is 166 g/mol. The van der Waals surface area contributed by atoms with Crippen LogP contribution in [0.25, 0.3) is 0 Å². The Kier molecular flexibility index (Phi) is 3.92. The van der Waals surface area contributed by atoms with E-state index in [1.807, 2.05) is 18.2 Å². The van der Waals surface area contributed by atoms with Gasteiger partial charge < -0.3 is 10.9 Å². The van der Waals surface area contributed by atoms with Gasteiger partial charge >= 0.3 is 0 Å². The SMILES string of the molecule is NCCC/C(=N\O)c1ccccn1. The normalized spacial score (nSPS) is 11.6. The maximum atomic E-state index is 8.71. The molecule has 0 aromatic carbocycles. The van der Waals surface area contributed by atoms with Crippen LogP contribution in [0.5, 0.6) is 0 Å². The predicted octanol–water partition coefficient (Wildman–Crippen LogP) is 0.999. The molecule has 13 heavy (non-hydrogen) atoms. The van der Waals surface area contributed by atoms with E-state index in [2.05, 4.69) is 10.1 Å². The van der Waals surface area contributed by atoms with Gasteiger partial charge in [0.15, 0.2) is 0 Å². The quantitative estimate of drug-likeness (QED) is 0.411. The summed E-state index contributed by atoms with van der Waals surface area (Å²) in [5.41, 5.74) is 6.65. The van der Waals surface area contributed by atoms with E-state index in [1.54, 1.807) is 6.20 Å². The Bertz CT molecular complexity index is 271. The van der Waals surface area contributed by atoms with Gasteiger partial charge in [0.25, 0.3) is 0 Å². The minimum atomic E-state index is 0.589. The molecule has 1 aromatic heterocycles. The van der Waals surface area contributed by atoms with E-state index in [4.69, 9.17) is 10.9 Å². The first-order valence-corrected chi connectivity index (χ1v) is 4.21. The third-order valence-corrected chi connectivity index (χ3v) is 1.70. The van der Waals surface area contributed by atoms with Crippen molar-refractivity contribution in [1.29, 1.82) is 0 Å². The Morgan fingerprint density at radius 1 is 1.54 bits per heavy atom. The van der Waals surface area contributed by atoms with E-state index >= 15 is 0 Å². The second kappa shape index (κ2) is 5.27. The molecule has 0 radical (unpaired) electrons. The van der Waals surface area contributed by atoms with Gasteiger partial charge in [-0.2, -0.15) is 0 Å². The average Bonchev–Trinajstić information content (AvgIpc) is 2.21. The molecule has 0 saturated carbocycles. The van der Waals surface area contributed by atoms with Crippen molar-refractivity contribution in [2.75, 3.05) is 6.54 Å². The van der Waals surface area contributed by atoms with Crippen molar-refractivity contribution in [1.82, 2.24) is 4.98 Å². The van der Waals surface area contributed by atoms with Gasteiger partial charge in [-0.25, -0.2) is 0 Å². The van der Waals surface area contributed by atoms with Gasteiger partial charge in [-0.15, -0.1) is 0 Å². The maximum Gasteiger partial charge on any atom is 0.105 e. The van der Waals surface area contributed by atoms with Crippen LogP contribution >= 0.6 is 0 Å². The van der Waals surface area contributed by atoms with Crippen LogP contribution in [-0.4, -0.2) is 22.4 Å². The Hall–Kier alpha value is -1.42. The summed E-state index contributed by atoms with van der Waals surface area (Å²) in [6.45, 7) is 0.589. The number of pyridine rings is 1. The van der Waals surface area contributed by atoms with Gasteiger partial charge in [0.05, 0.1) is 5.69 Å². The van der Waals surface area contributed by atoms with Crippen molar-refractivity contribution in [2.24, 2.45) is 10.9 Å². The van der Waals surface area contributed by atoms with Gasteiger partial charge in [-0.05, 0) is 31.5 Å². The summed E-state index contributed by atoms with van der Waals surface area (Å²) in [6.07, 6.45) is 3.13. The van der Waals surface area contributed by atoms with Crippen LogP contribution in [0.4, 0.5) is 0 Å². The lowest BCUT2D eigenvalue weighted by Crippen LogP contribution is -2.07. The van der Waals surface area contributed by atoms with E-state index in [0.717, 1.165) is 6.42 Å². The highest BCUT2D eigenvalue weighted by Gasteiger charge is 2.03. The molecule has 0 unspecified atom stereocenters. The number of hydrogen-bond donors (Lipinski definition) is 2. The Morgan fingerprint density at radius 3 is 2.92 bits per heavy atom. The zero-order valence-corrected chi connectivity index (χ0v) is 7.35. The molecule has 1 heterocycles. The van der Waals surface area contributed by atoms with E-state index in [0.29, 0.717) is 24.4 Å². The second-order valence-electron chi connectivity index (χ2n) is 2.65. The topological polar surface area (TPSA) is 71.5 Å². The number of rotatable bonds is 4. The summed E-state index contributed by atoms with van der Waals surface area (Å²) < 4.78 is 0. The molecule has 0 amide bonds. The van der Waals surface area contributed by atoms with Crippen LogP contribution in [0.1, 0.15) is 18.5 Å². The molecule has 4 nitrogen and oxygen atoms in total. The molecule has 4 heteroatoms. The summed E-state index contributed by atoms with van der Waals surface area (Å²) in [5.74, 6) is 0. The molecule has 0 spiro atoms. The summed E-state index contributed by atoms with van der Waals surface area (Å²) in [6, 6.07) is 5.49. The first kappa shape index (κ1) is 9.67. The number of hydrogen-bond acceptors (Lipinski definition) is 4. The van der Waals surface area contributed by atoms with Gasteiger partial charge in [-0.1, -0.05) is 11.2 Å². The average molecular weight is 179 g/mol. The highest BCUT2D eigenvalue weighted by atomic mass is 16.4. The minimum absolute atomic E-state index is 0.589. The zero-order chi connectivity index (χ0) is 9.52. The third-order valence-electron chi connectivity index (χ3n) is 1.70. The smallest absolute Gasteiger partial charge is 0.105 e. The van der Waals surface area contributed by atoms with Crippen LogP contribution in [0.3, 0.4) is 0 Å². The summed E-state index contributed by atoms with van der Waals surface area (Å²) >= 11 is 0. The molecule has 0 aliphatic rings. The fraction of sp³-hybridized carbons (Fsp3) is 0.333. The molecule has 3 N–H and O–H groups in total. The standard InChI is InChI=1S/C9H13N3O/c10-6-3-5-9(12-13)8-4-1-2-7-11-8/h1-2,4,7,13H,3,5-6,10H2/b12-9+. The first-order chi connectivity index (χ1) is 6.38.